The molecule has 3 nitrogen and oxygen atoms in total. The second-order valence-electron chi connectivity index (χ2n) is 2.80. The summed E-state index contributed by atoms with van der Waals surface area (Å²) in [6.45, 7) is 3.33. The molecule has 0 aromatic heterocycles. The van der Waals surface area contributed by atoms with Gasteiger partial charge in [-0.15, -0.1) is 0 Å². The summed E-state index contributed by atoms with van der Waals surface area (Å²) in [4.78, 5) is 0. The van der Waals surface area contributed by atoms with Crippen LogP contribution in [0.2, 0.25) is 0 Å². The molecule has 1 aliphatic heterocycles. The Kier molecular flexibility index (Phi) is 5.17. The van der Waals surface area contributed by atoms with E-state index >= 15 is 0 Å². The first kappa shape index (κ1) is 10.2. The van der Waals surface area contributed by atoms with Gasteiger partial charge in [0.25, 0.3) is 0 Å². The van der Waals surface area contributed by atoms with Gasteiger partial charge in [0.2, 0.25) is 0 Å². The van der Waals surface area contributed by atoms with Crippen molar-refractivity contribution in [2.24, 2.45) is 5.84 Å². The van der Waals surface area contributed by atoms with Gasteiger partial charge in [-0.1, -0.05) is 36.4 Å². The van der Waals surface area contributed by atoms with Gasteiger partial charge in [0, 0.05) is 13.1 Å². The van der Waals surface area contributed by atoms with Crippen molar-refractivity contribution in [3.63, 3.8) is 0 Å². The molecule has 0 bridgehead atoms. The number of nitrogens with two attached hydrogens (primary N) is 1. The lowest BCUT2D eigenvalue weighted by atomic mass is 10.4. The Morgan fingerprint density at radius 2 is 1.23 bits per heavy atom. The third-order valence-corrected chi connectivity index (χ3v) is 1.71. The smallest absolute Gasteiger partial charge is 0.0608 e. The molecule has 1 aromatic rings. The van der Waals surface area contributed by atoms with Crippen molar-refractivity contribution < 1.29 is 4.74 Å². The summed E-state index contributed by atoms with van der Waals surface area (Å²) < 4.78 is 5.02. The molecular weight excluding hydrogens is 164 g/mol. The number of hydrogen-bond acceptors (Lipinski definition) is 3. The quantitative estimate of drug-likeness (QED) is 0.602. The van der Waals surface area contributed by atoms with E-state index in [4.69, 9.17) is 10.6 Å². The highest BCUT2D eigenvalue weighted by atomic mass is 16.5. The van der Waals surface area contributed by atoms with Crippen LogP contribution in [0, 0.1) is 0 Å². The van der Waals surface area contributed by atoms with Crippen LogP contribution < -0.4 is 5.84 Å². The normalized spacial score (nSPS) is 17.3. The van der Waals surface area contributed by atoms with Crippen LogP contribution >= 0.6 is 0 Å². The molecule has 0 unspecified atom stereocenters. The van der Waals surface area contributed by atoms with E-state index in [0.717, 1.165) is 26.3 Å². The fourth-order valence-corrected chi connectivity index (χ4v) is 0.962. The topological polar surface area (TPSA) is 38.5 Å². The van der Waals surface area contributed by atoms with E-state index in [1.807, 2.05) is 36.4 Å². The van der Waals surface area contributed by atoms with Crippen molar-refractivity contribution in [1.82, 2.24) is 5.01 Å². The Balaban J connectivity index is 0.000000132. The zero-order chi connectivity index (χ0) is 9.36. The molecule has 2 N–H and O–H groups in total. The van der Waals surface area contributed by atoms with Crippen molar-refractivity contribution in [2.75, 3.05) is 26.3 Å². The predicted molar refractivity (Wildman–Crippen MR) is 53.0 cm³/mol. The van der Waals surface area contributed by atoms with Gasteiger partial charge < -0.3 is 4.74 Å². The number of benzene rings is 1. The van der Waals surface area contributed by atoms with Gasteiger partial charge in [-0.05, 0) is 0 Å². The van der Waals surface area contributed by atoms with Gasteiger partial charge in [0.15, 0.2) is 0 Å². The minimum absolute atomic E-state index is 0.788. The molecule has 0 atom stereocenters. The van der Waals surface area contributed by atoms with Gasteiger partial charge in [0.05, 0.1) is 13.2 Å². The molecule has 13 heavy (non-hydrogen) atoms. The molecule has 3 heteroatoms. The van der Waals surface area contributed by atoms with Crippen molar-refractivity contribution >= 4 is 0 Å². The predicted octanol–water partition coefficient (Wildman–Crippen LogP) is 0.879. The fraction of sp³-hybridized carbons (Fsp3) is 0.400. The summed E-state index contributed by atoms with van der Waals surface area (Å²) in [5.41, 5.74) is 0. The van der Waals surface area contributed by atoms with Crippen LogP contribution in [0.3, 0.4) is 0 Å². The van der Waals surface area contributed by atoms with E-state index in [1.165, 1.54) is 0 Å². The molecule has 0 saturated carbocycles. The lowest BCUT2D eigenvalue weighted by Gasteiger charge is -2.20. The van der Waals surface area contributed by atoms with E-state index in [2.05, 4.69) is 0 Å². The van der Waals surface area contributed by atoms with Crippen molar-refractivity contribution in [2.45, 2.75) is 0 Å². The standard InChI is InChI=1S/C6H6.C4H10N2O/c1-2-4-6-5-3-1;5-6-1-3-7-4-2-6/h1-6H;1-5H2. The molecule has 2 rings (SSSR count). The third-order valence-electron chi connectivity index (χ3n) is 1.71. The van der Waals surface area contributed by atoms with E-state index in [0.29, 0.717) is 0 Å². The second kappa shape index (κ2) is 6.60. The van der Waals surface area contributed by atoms with E-state index in [-0.39, 0.29) is 0 Å². The highest BCUT2D eigenvalue weighted by molar-refractivity contribution is 4.99. The first-order valence-corrected chi connectivity index (χ1v) is 4.47. The lowest BCUT2D eigenvalue weighted by molar-refractivity contribution is 0.0378. The molecular formula is C10H16N2O. The van der Waals surface area contributed by atoms with Gasteiger partial charge in [-0.3, -0.25) is 5.84 Å². The van der Waals surface area contributed by atoms with Crippen LogP contribution in [-0.2, 0) is 4.74 Å². The maximum atomic E-state index is 5.39. The van der Waals surface area contributed by atoms with Gasteiger partial charge in [-0.2, -0.15) is 0 Å². The minimum atomic E-state index is 0.788. The molecule has 1 aromatic carbocycles. The van der Waals surface area contributed by atoms with Crippen LogP contribution in [-0.4, -0.2) is 31.3 Å². The summed E-state index contributed by atoms with van der Waals surface area (Å²) in [6, 6.07) is 12.0. The van der Waals surface area contributed by atoms with Gasteiger partial charge in [-0.25, -0.2) is 5.01 Å². The fourth-order valence-electron chi connectivity index (χ4n) is 0.962. The monoisotopic (exact) mass is 180 g/mol. The number of nitrogens with zero attached hydrogens (tertiary/aromatic N) is 1. The average molecular weight is 180 g/mol. The number of ether oxygens (including phenoxy) is 1. The van der Waals surface area contributed by atoms with Crippen LogP contribution in [0.15, 0.2) is 36.4 Å². The molecule has 1 fully saturated rings. The Morgan fingerprint density at radius 3 is 1.46 bits per heavy atom. The summed E-state index contributed by atoms with van der Waals surface area (Å²) in [6.07, 6.45) is 0. The average Bonchev–Trinajstić information content (AvgIpc) is 2.22. The number of morpholine rings is 1. The molecule has 0 radical (unpaired) electrons. The summed E-state index contributed by atoms with van der Waals surface area (Å²) >= 11 is 0. The van der Waals surface area contributed by atoms with E-state index in [1.54, 1.807) is 5.01 Å². The Hall–Kier alpha value is -0.900. The maximum Gasteiger partial charge on any atom is 0.0608 e. The first-order valence-electron chi connectivity index (χ1n) is 4.47. The van der Waals surface area contributed by atoms with Crippen LogP contribution in [0.5, 0.6) is 0 Å². The zero-order valence-corrected chi connectivity index (χ0v) is 7.73. The number of rotatable bonds is 0. The summed E-state index contributed by atoms with van der Waals surface area (Å²) in [7, 11) is 0. The molecule has 0 spiro atoms. The SMILES string of the molecule is NN1CCOCC1.c1ccccc1. The maximum absolute atomic E-state index is 5.39. The molecule has 0 amide bonds. The molecule has 1 saturated heterocycles. The minimum Gasteiger partial charge on any atom is -0.379 e. The van der Waals surface area contributed by atoms with Gasteiger partial charge >= 0.3 is 0 Å². The molecule has 0 aliphatic carbocycles. The Bertz CT molecular complexity index is 171. The van der Waals surface area contributed by atoms with Crippen molar-refractivity contribution in [1.29, 1.82) is 0 Å². The van der Waals surface area contributed by atoms with Crippen molar-refractivity contribution in [3.05, 3.63) is 36.4 Å². The molecule has 1 aliphatic rings. The number of hydrazine groups is 1. The Labute approximate surface area is 79.1 Å². The van der Waals surface area contributed by atoms with Crippen LogP contribution in [0.25, 0.3) is 0 Å². The van der Waals surface area contributed by atoms with Crippen molar-refractivity contribution in [3.8, 4) is 0 Å². The lowest BCUT2D eigenvalue weighted by Crippen LogP contribution is -2.41. The first-order chi connectivity index (χ1) is 6.39. The van der Waals surface area contributed by atoms with Crippen LogP contribution in [0.4, 0.5) is 0 Å². The zero-order valence-electron chi connectivity index (χ0n) is 7.73. The highest BCUT2D eigenvalue weighted by Gasteiger charge is 2.02. The summed E-state index contributed by atoms with van der Waals surface area (Å²) in [5.74, 6) is 5.39. The third kappa shape index (κ3) is 5.36. The van der Waals surface area contributed by atoms with E-state index in [9.17, 15) is 0 Å². The van der Waals surface area contributed by atoms with E-state index < -0.39 is 0 Å². The Morgan fingerprint density at radius 1 is 0.846 bits per heavy atom. The van der Waals surface area contributed by atoms with Gasteiger partial charge in [0.1, 0.15) is 0 Å². The highest BCUT2D eigenvalue weighted by Crippen LogP contribution is 1.87. The second-order valence-corrected chi connectivity index (χ2v) is 2.80. The van der Waals surface area contributed by atoms with Crippen LogP contribution in [0.1, 0.15) is 0 Å². The number of hydrogen-bond donors (Lipinski definition) is 1. The summed E-state index contributed by atoms with van der Waals surface area (Å²) in [5, 5.41) is 1.77. The largest absolute Gasteiger partial charge is 0.379 e. The molecule has 72 valence electrons. The molecule has 1 heterocycles.